The molecule has 1 N–H and O–H groups in total. The highest BCUT2D eigenvalue weighted by Crippen LogP contribution is 2.29. The number of hydrogen-bond acceptors (Lipinski definition) is 6. The lowest BCUT2D eigenvalue weighted by molar-refractivity contribution is 0.0600. The SMILES string of the molecule is COC(=O)c1cccc(NC(=O)c2sc3nc4n(c(=O)c3c2C)CCCCC4)c1. The fourth-order valence-electron chi connectivity index (χ4n) is 3.66. The molecule has 1 aromatic carbocycles. The van der Waals surface area contributed by atoms with Crippen molar-refractivity contribution in [2.24, 2.45) is 0 Å². The second-order valence-electron chi connectivity index (χ2n) is 7.06. The molecule has 0 bridgehead atoms. The Labute approximate surface area is 171 Å². The van der Waals surface area contributed by atoms with Gasteiger partial charge in [0.1, 0.15) is 10.7 Å². The van der Waals surface area contributed by atoms with Crippen LogP contribution < -0.4 is 10.9 Å². The number of carbonyl (C=O) groups is 2. The summed E-state index contributed by atoms with van der Waals surface area (Å²) in [5.41, 5.74) is 1.41. The van der Waals surface area contributed by atoms with Crippen LogP contribution >= 0.6 is 11.3 Å². The zero-order valence-electron chi connectivity index (χ0n) is 16.3. The molecule has 8 heteroatoms. The molecule has 0 unspecified atom stereocenters. The Morgan fingerprint density at radius 2 is 2.07 bits per heavy atom. The molecule has 0 fully saturated rings. The highest BCUT2D eigenvalue weighted by Gasteiger charge is 2.22. The highest BCUT2D eigenvalue weighted by molar-refractivity contribution is 7.20. The van der Waals surface area contributed by atoms with E-state index < -0.39 is 5.97 Å². The Morgan fingerprint density at radius 1 is 1.24 bits per heavy atom. The number of nitrogens with zero attached hydrogens (tertiary/aromatic N) is 2. The molecule has 2 aromatic heterocycles. The predicted molar refractivity (Wildman–Crippen MR) is 112 cm³/mol. The Hall–Kier alpha value is -3.00. The van der Waals surface area contributed by atoms with Gasteiger partial charge in [-0.05, 0) is 43.5 Å². The molecule has 0 radical (unpaired) electrons. The van der Waals surface area contributed by atoms with Crippen molar-refractivity contribution < 1.29 is 14.3 Å². The number of carbonyl (C=O) groups excluding carboxylic acids is 2. The van der Waals surface area contributed by atoms with Gasteiger partial charge in [-0.25, -0.2) is 9.78 Å². The van der Waals surface area contributed by atoms with Gasteiger partial charge in [0.25, 0.3) is 11.5 Å². The number of ether oxygens (including phenoxy) is 1. The van der Waals surface area contributed by atoms with E-state index in [0.29, 0.717) is 38.5 Å². The molecule has 0 atom stereocenters. The minimum Gasteiger partial charge on any atom is -0.465 e. The Kier molecular flexibility index (Phi) is 5.19. The van der Waals surface area contributed by atoms with Gasteiger partial charge in [-0.2, -0.15) is 0 Å². The molecule has 4 rings (SSSR count). The number of thiophene rings is 1. The maximum atomic E-state index is 13.0. The number of esters is 1. The molecule has 3 aromatic rings. The summed E-state index contributed by atoms with van der Waals surface area (Å²) in [6.07, 6.45) is 3.86. The predicted octanol–water partition coefficient (Wildman–Crippen LogP) is 3.53. The van der Waals surface area contributed by atoms with Crippen molar-refractivity contribution >= 4 is 39.1 Å². The first kappa shape index (κ1) is 19.3. The number of nitrogens with one attached hydrogen (secondary N) is 1. The van der Waals surface area contributed by atoms with Crippen LogP contribution in [-0.2, 0) is 17.7 Å². The average molecular weight is 411 g/mol. The van der Waals surface area contributed by atoms with Gasteiger partial charge in [0.05, 0.1) is 22.9 Å². The number of aromatic nitrogens is 2. The van der Waals surface area contributed by atoms with Crippen LogP contribution in [0.15, 0.2) is 29.1 Å². The first-order valence-electron chi connectivity index (χ1n) is 9.52. The molecule has 0 aliphatic carbocycles. The van der Waals surface area contributed by atoms with Crippen LogP contribution in [0.3, 0.4) is 0 Å². The van der Waals surface area contributed by atoms with Crippen molar-refractivity contribution in [1.82, 2.24) is 9.55 Å². The van der Waals surface area contributed by atoms with Crippen LogP contribution in [0.1, 0.15) is 50.7 Å². The third-order valence-corrected chi connectivity index (χ3v) is 6.34. The Morgan fingerprint density at radius 3 is 2.86 bits per heavy atom. The molecule has 7 nitrogen and oxygen atoms in total. The van der Waals surface area contributed by atoms with Gasteiger partial charge in [0.15, 0.2) is 0 Å². The summed E-state index contributed by atoms with van der Waals surface area (Å²) in [7, 11) is 1.31. The summed E-state index contributed by atoms with van der Waals surface area (Å²) in [5, 5.41) is 3.33. The van der Waals surface area contributed by atoms with Crippen molar-refractivity contribution in [3.8, 4) is 0 Å². The van der Waals surface area contributed by atoms with E-state index in [4.69, 9.17) is 9.72 Å². The van der Waals surface area contributed by atoms with Gasteiger partial charge < -0.3 is 10.1 Å². The molecular formula is C21H21N3O4S. The second-order valence-corrected chi connectivity index (χ2v) is 8.06. The van der Waals surface area contributed by atoms with E-state index in [1.54, 1.807) is 35.8 Å². The van der Waals surface area contributed by atoms with Gasteiger partial charge in [0, 0.05) is 18.7 Å². The number of anilines is 1. The lowest BCUT2D eigenvalue weighted by Gasteiger charge is -2.08. The normalized spacial score (nSPS) is 13.6. The van der Waals surface area contributed by atoms with Crippen LogP contribution in [0.2, 0.25) is 0 Å². The van der Waals surface area contributed by atoms with Crippen molar-refractivity contribution in [2.75, 3.05) is 12.4 Å². The number of rotatable bonds is 3. The van der Waals surface area contributed by atoms with Crippen LogP contribution in [-0.4, -0.2) is 28.5 Å². The maximum absolute atomic E-state index is 13.0. The van der Waals surface area contributed by atoms with Crippen molar-refractivity contribution in [3.05, 3.63) is 56.4 Å². The monoisotopic (exact) mass is 411 g/mol. The van der Waals surface area contributed by atoms with E-state index >= 15 is 0 Å². The molecule has 0 saturated heterocycles. The standard InChI is InChI=1S/C21H21N3O4S/c1-12-16-19(23-15-9-4-3-5-10-24(15)20(16)26)29-17(12)18(25)22-14-8-6-7-13(11-14)21(27)28-2/h6-8,11H,3-5,9-10H2,1-2H3,(H,22,25). The van der Waals surface area contributed by atoms with Crippen LogP contribution in [0.25, 0.3) is 10.2 Å². The number of aryl methyl sites for hydroxylation is 2. The average Bonchev–Trinajstić information content (AvgIpc) is 2.89. The number of hydrogen-bond donors (Lipinski definition) is 1. The third kappa shape index (κ3) is 3.55. The molecule has 1 aliphatic rings. The topological polar surface area (TPSA) is 90.3 Å². The summed E-state index contributed by atoms with van der Waals surface area (Å²) >= 11 is 1.23. The molecule has 150 valence electrons. The van der Waals surface area contributed by atoms with Gasteiger partial charge in [-0.3, -0.25) is 14.2 Å². The molecule has 1 aliphatic heterocycles. The van der Waals surface area contributed by atoms with Gasteiger partial charge >= 0.3 is 5.97 Å². The Balaban J connectivity index is 1.70. The summed E-state index contributed by atoms with van der Waals surface area (Å²) in [4.78, 5) is 43.4. The molecular weight excluding hydrogens is 390 g/mol. The number of amides is 1. The van der Waals surface area contributed by atoms with E-state index in [0.717, 1.165) is 31.5 Å². The first-order valence-corrected chi connectivity index (χ1v) is 10.3. The third-order valence-electron chi connectivity index (χ3n) is 5.16. The zero-order valence-corrected chi connectivity index (χ0v) is 17.1. The Bertz CT molecular complexity index is 1180. The van der Waals surface area contributed by atoms with Crippen molar-refractivity contribution in [1.29, 1.82) is 0 Å². The van der Waals surface area contributed by atoms with E-state index in [9.17, 15) is 14.4 Å². The number of fused-ring (bicyclic) bond motifs is 2. The number of benzene rings is 1. The van der Waals surface area contributed by atoms with Crippen LogP contribution in [0.4, 0.5) is 5.69 Å². The lowest BCUT2D eigenvalue weighted by atomic mass is 10.2. The zero-order chi connectivity index (χ0) is 20.5. The smallest absolute Gasteiger partial charge is 0.337 e. The molecule has 29 heavy (non-hydrogen) atoms. The summed E-state index contributed by atoms with van der Waals surface area (Å²) in [5.74, 6) is 0.00367. The lowest BCUT2D eigenvalue weighted by Crippen LogP contribution is -2.24. The fraction of sp³-hybridized carbons (Fsp3) is 0.333. The summed E-state index contributed by atoms with van der Waals surface area (Å²) in [6, 6.07) is 6.54. The molecule has 3 heterocycles. The van der Waals surface area contributed by atoms with Gasteiger partial charge in [0.2, 0.25) is 0 Å². The summed E-state index contributed by atoms with van der Waals surface area (Å²) in [6.45, 7) is 2.46. The summed E-state index contributed by atoms with van der Waals surface area (Å²) < 4.78 is 6.48. The highest BCUT2D eigenvalue weighted by atomic mass is 32.1. The van der Waals surface area contributed by atoms with E-state index in [2.05, 4.69) is 5.32 Å². The number of methoxy groups -OCH3 is 1. The molecule has 0 saturated carbocycles. The van der Waals surface area contributed by atoms with Gasteiger partial charge in [-0.15, -0.1) is 11.3 Å². The second kappa shape index (κ2) is 7.79. The molecule has 0 spiro atoms. The van der Waals surface area contributed by atoms with Crippen molar-refractivity contribution in [3.63, 3.8) is 0 Å². The first-order chi connectivity index (χ1) is 14.0. The van der Waals surface area contributed by atoms with Crippen LogP contribution in [0.5, 0.6) is 0 Å². The van der Waals surface area contributed by atoms with Crippen LogP contribution in [0, 0.1) is 6.92 Å². The van der Waals surface area contributed by atoms with E-state index in [1.807, 2.05) is 0 Å². The maximum Gasteiger partial charge on any atom is 0.337 e. The minimum atomic E-state index is -0.474. The minimum absolute atomic E-state index is 0.0626. The van der Waals surface area contributed by atoms with Crippen molar-refractivity contribution in [2.45, 2.75) is 39.2 Å². The van der Waals surface area contributed by atoms with E-state index in [-0.39, 0.29) is 11.5 Å². The largest absolute Gasteiger partial charge is 0.465 e. The molecule has 1 amide bonds. The van der Waals surface area contributed by atoms with Gasteiger partial charge in [-0.1, -0.05) is 12.5 Å². The fourth-order valence-corrected chi connectivity index (χ4v) is 4.74. The quantitative estimate of drug-likeness (QED) is 0.666. The van der Waals surface area contributed by atoms with E-state index in [1.165, 1.54) is 18.4 Å².